The van der Waals surface area contributed by atoms with Gasteiger partial charge in [0.1, 0.15) is 12.0 Å². The number of benzene rings is 1. The molecule has 1 aliphatic rings. The number of carbonyl (C=O) groups is 3. The summed E-state index contributed by atoms with van der Waals surface area (Å²) in [5, 5.41) is 3.46. The second-order valence-electron chi connectivity index (χ2n) is 6.01. The predicted octanol–water partition coefficient (Wildman–Crippen LogP) is 2.37. The van der Waals surface area contributed by atoms with Crippen LogP contribution < -0.4 is 5.32 Å². The largest absolute Gasteiger partial charge is 0.353 e. The Bertz CT molecular complexity index is 904. The molecule has 9 heteroatoms. The van der Waals surface area contributed by atoms with E-state index in [1.807, 2.05) is 0 Å². The summed E-state index contributed by atoms with van der Waals surface area (Å²) in [6, 6.07) is 6.61. The number of hydrogen-bond donors (Lipinski definition) is 1. The van der Waals surface area contributed by atoms with Gasteiger partial charge in [-0.1, -0.05) is 29.3 Å². The Balaban J connectivity index is 1.65. The van der Waals surface area contributed by atoms with Crippen LogP contribution in [0.4, 0.5) is 0 Å². The normalized spacial score (nSPS) is 14.0. The van der Waals surface area contributed by atoms with Gasteiger partial charge >= 0.3 is 0 Å². The molecule has 0 aliphatic carbocycles. The lowest BCUT2D eigenvalue weighted by molar-refractivity contribution is -0.138. The topological polar surface area (TPSA) is 92.3 Å². The average Bonchev–Trinajstić information content (AvgIpc) is 2.68. The first-order chi connectivity index (χ1) is 12.9. The Labute approximate surface area is 165 Å². The van der Waals surface area contributed by atoms with Gasteiger partial charge < -0.3 is 10.2 Å². The average molecular weight is 407 g/mol. The standard InChI is InChI=1S/C18H16Cl2N4O3/c19-12-2-1-11(7-13(12)20)14-8-15(23-10-22-14)16(25)3-4-18(27)24-6-5-21-17(26)9-24/h1-2,7-8,10H,3-6,9H2,(H,21,26). The molecule has 1 aliphatic heterocycles. The Morgan fingerprint density at radius 1 is 1.11 bits per heavy atom. The number of carbonyl (C=O) groups excluding carboxylic acids is 3. The molecule has 2 heterocycles. The van der Waals surface area contributed by atoms with Crippen molar-refractivity contribution >= 4 is 40.8 Å². The summed E-state index contributed by atoms with van der Waals surface area (Å²) in [4.78, 5) is 45.5. The van der Waals surface area contributed by atoms with Gasteiger partial charge in [-0.2, -0.15) is 0 Å². The molecule has 7 nitrogen and oxygen atoms in total. The van der Waals surface area contributed by atoms with Crippen LogP contribution in [0, 0.1) is 0 Å². The van der Waals surface area contributed by atoms with Gasteiger partial charge in [-0.05, 0) is 18.2 Å². The third kappa shape index (κ3) is 4.81. The summed E-state index contributed by atoms with van der Waals surface area (Å²) in [5.41, 5.74) is 1.46. The van der Waals surface area contributed by atoms with Crippen molar-refractivity contribution < 1.29 is 14.4 Å². The van der Waals surface area contributed by atoms with Gasteiger partial charge in [-0.25, -0.2) is 9.97 Å². The fraction of sp³-hybridized carbons (Fsp3) is 0.278. The first kappa shape index (κ1) is 19.3. The lowest BCUT2D eigenvalue weighted by atomic mass is 10.1. The van der Waals surface area contributed by atoms with Crippen LogP contribution in [0.15, 0.2) is 30.6 Å². The number of hydrogen-bond acceptors (Lipinski definition) is 5. The monoisotopic (exact) mass is 406 g/mol. The molecular weight excluding hydrogens is 391 g/mol. The Kier molecular flexibility index (Phi) is 6.03. The molecule has 0 bridgehead atoms. The molecule has 1 aromatic heterocycles. The molecule has 0 spiro atoms. The van der Waals surface area contributed by atoms with Crippen LogP contribution in [-0.4, -0.2) is 52.1 Å². The second kappa shape index (κ2) is 8.45. The van der Waals surface area contributed by atoms with Crippen molar-refractivity contribution in [3.8, 4) is 11.3 Å². The fourth-order valence-electron chi connectivity index (χ4n) is 2.68. The number of aromatic nitrogens is 2. The molecule has 2 amide bonds. The summed E-state index contributed by atoms with van der Waals surface area (Å²) < 4.78 is 0. The number of nitrogens with zero attached hydrogens (tertiary/aromatic N) is 3. The van der Waals surface area contributed by atoms with Crippen LogP contribution in [0.25, 0.3) is 11.3 Å². The van der Waals surface area contributed by atoms with Crippen LogP contribution in [0.3, 0.4) is 0 Å². The quantitative estimate of drug-likeness (QED) is 0.769. The van der Waals surface area contributed by atoms with Crippen molar-refractivity contribution in [3.05, 3.63) is 46.3 Å². The lowest BCUT2D eigenvalue weighted by Crippen LogP contribution is -2.50. The van der Waals surface area contributed by atoms with Crippen LogP contribution in [0.5, 0.6) is 0 Å². The summed E-state index contributed by atoms with van der Waals surface area (Å²) in [6.45, 7) is 0.910. The van der Waals surface area contributed by atoms with Crippen LogP contribution in [-0.2, 0) is 9.59 Å². The van der Waals surface area contributed by atoms with E-state index < -0.39 is 0 Å². The molecule has 27 heavy (non-hydrogen) atoms. The van der Waals surface area contributed by atoms with E-state index in [0.717, 1.165) is 0 Å². The third-order valence-corrected chi connectivity index (χ3v) is 4.86. The summed E-state index contributed by atoms with van der Waals surface area (Å²) >= 11 is 11.9. The van der Waals surface area contributed by atoms with E-state index in [-0.39, 0.29) is 42.7 Å². The number of Topliss-reactive ketones (excluding diaryl/α,β-unsaturated/α-hetero) is 1. The highest BCUT2D eigenvalue weighted by Crippen LogP contribution is 2.27. The number of nitrogens with one attached hydrogen (secondary N) is 1. The maximum atomic E-state index is 12.4. The fourth-order valence-corrected chi connectivity index (χ4v) is 2.98. The van der Waals surface area contributed by atoms with E-state index in [0.29, 0.717) is 34.4 Å². The third-order valence-electron chi connectivity index (χ3n) is 4.13. The van der Waals surface area contributed by atoms with Gasteiger partial charge in [-0.15, -0.1) is 0 Å². The van der Waals surface area contributed by atoms with Crippen molar-refractivity contribution in [2.45, 2.75) is 12.8 Å². The predicted molar refractivity (Wildman–Crippen MR) is 101 cm³/mol. The molecule has 1 saturated heterocycles. The van der Waals surface area contributed by atoms with Crippen molar-refractivity contribution in [1.29, 1.82) is 0 Å². The van der Waals surface area contributed by atoms with Crippen molar-refractivity contribution in [3.63, 3.8) is 0 Å². The van der Waals surface area contributed by atoms with E-state index in [4.69, 9.17) is 23.2 Å². The SMILES string of the molecule is O=C1CN(C(=O)CCC(=O)c2cc(-c3ccc(Cl)c(Cl)c3)ncn2)CCN1. The van der Waals surface area contributed by atoms with E-state index in [2.05, 4.69) is 15.3 Å². The Hall–Kier alpha value is -2.51. The van der Waals surface area contributed by atoms with E-state index in [1.165, 1.54) is 11.2 Å². The maximum Gasteiger partial charge on any atom is 0.239 e. The molecule has 1 aromatic carbocycles. The van der Waals surface area contributed by atoms with Crippen molar-refractivity contribution in [2.75, 3.05) is 19.6 Å². The Morgan fingerprint density at radius 3 is 2.67 bits per heavy atom. The highest BCUT2D eigenvalue weighted by Gasteiger charge is 2.22. The molecule has 0 atom stereocenters. The van der Waals surface area contributed by atoms with E-state index in [9.17, 15) is 14.4 Å². The highest BCUT2D eigenvalue weighted by molar-refractivity contribution is 6.42. The van der Waals surface area contributed by atoms with Gasteiger partial charge in [0, 0.05) is 31.5 Å². The van der Waals surface area contributed by atoms with Gasteiger partial charge in [0.15, 0.2) is 5.78 Å². The first-order valence-electron chi connectivity index (χ1n) is 8.29. The zero-order valence-electron chi connectivity index (χ0n) is 14.2. The summed E-state index contributed by atoms with van der Waals surface area (Å²) in [6.07, 6.45) is 1.33. The molecular formula is C18H16Cl2N4O3. The molecule has 140 valence electrons. The number of ketones is 1. The molecule has 3 rings (SSSR count). The minimum atomic E-state index is -0.270. The smallest absolute Gasteiger partial charge is 0.239 e. The van der Waals surface area contributed by atoms with Crippen LogP contribution in [0.2, 0.25) is 10.0 Å². The lowest BCUT2D eigenvalue weighted by Gasteiger charge is -2.26. The zero-order valence-corrected chi connectivity index (χ0v) is 15.8. The van der Waals surface area contributed by atoms with Crippen molar-refractivity contribution in [2.24, 2.45) is 0 Å². The maximum absolute atomic E-state index is 12.4. The second-order valence-corrected chi connectivity index (χ2v) is 6.82. The van der Waals surface area contributed by atoms with Gasteiger partial charge in [-0.3, -0.25) is 14.4 Å². The summed E-state index contributed by atoms with van der Waals surface area (Å²) in [5.74, 6) is -0.687. The summed E-state index contributed by atoms with van der Waals surface area (Å²) in [7, 11) is 0. The van der Waals surface area contributed by atoms with E-state index >= 15 is 0 Å². The molecule has 1 fully saturated rings. The number of halogens is 2. The minimum Gasteiger partial charge on any atom is -0.353 e. The van der Waals surface area contributed by atoms with Crippen molar-refractivity contribution in [1.82, 2.24) is 20.2 Å². The number of piperazine rings is 1. The highest BCUT2D eigenvalue weighted by atomic mass is 35.5. The molecule has 2 aromatic rings. The van der Waals surface area contributed by atoms with Gasteiger partial charge in [0.05, 0.1) is 22.3 Å². The molecule has 0 unspecified atom stereocenters. The van der Waals surface area contributed by atoms with Gasteiger partial charge in [0.25, 0.3) is 0 Å². The van der Waals surface area contributed by atoms with Crippen LogP contribution in [0.1, 0.15) is 23.3 Å². The number of rotatable bonds is 5. The molecule has 1 N–H and O–H groups in total. The number of amides is 2. The zero-order chi connectivity index (χ0) is 19.4. The Morgan fingerprint density at radius 2 is 1.93 bits per heavy atom. The minimum absolute atomic E-state index is 0.00871. The molecule has 0 saturated carbocycles. The molecule has 0 radical (unpaired) electrons. The first-order valence-corrected chi connectivity index (χ1v) is 9.05. The van der Waals surface area contributed by atoms with Crippen LogP contribution >= 0.6 is 23.2 Å². The van der Waals surface area contributed by atoms with E-state index in [1.54, 1.807) is 24.3 Å². The van der Waals surface area contributed by atoms with Gasteiger partial charge in [0.2, 0.25) is 11.8 Å².